The molecule has 0 saturated heterocycles. The van der Waals surface area contributed by atoms with Crippen molar-refractivity contribution in [2.75, 3.05) is 0 Å². The lowest BCUT2D eigenvalue weighted by molar-refractivity contribution is -0.385. The van der Waals surface area contributed by atoms with E-state index >= 15 is 0 Å². The predicted octanol–water partition coefficient (Wildman–Crippen LogP) is 4.66. The van der Waals surface area contributed by atoms with Gasteiger partial charge < -0.3 is 5.32 Å². The average Bonchev–Trinajstić information content (AvgIpc) is 2.22. The third-order valence-corrected chi connectivity index (χ3v) is 3.46. The molecule has 0 amide bonds. The van der Waals surface area contributed by atoms with Crippen LogP contribution in [0.25, 0.3) is 0 Å². The summed E-state index contributed by atoms with van der Waals surface area (Å²) in [4.78, 5) is 10.7. The van der Waals surface area contributed by atoms with Gasteiger partial charge in [0, 0.05) is 28.2 Å². The van der Waals surface area contributed by atoms with Crippen LogP contribution in [0.15, 0.2) is 22.7 Å². The average molecular weight is 343 g/mol. The van der Waals surface area contributed by atoms with E-state index in [1.807, 2.05) is 0 Å². The minimum atomic E-state index is -0.333. The first-order valence-electron chi connectivity index (χ1n) is 6.68. The van der Waals surface area contributed by atoms with Gasteiger partial charge in [0.2, 0.25) is 0 Å². The van der Waals surface area contributed by atoms with Crippen LogP contribution in [0.5, 0.6) is 0 Å². The van der Waals surface area contributed by atoms with Crippen LogP contribution in [0, 0.1) is 15.5 Å². The standard InChI is InChI=1S/C15H23BrN2O2/c1-14(2,3)10-15(4,5)17-9-11-8-12(16)6-7-13(11)18(19)20/h6-8,17H,9-10H2,1-5H3. The maximum atomic E-state index is 11.0. The topological polar surface area (TPSA) is 55.2 Å². The Hall–Kier alpha value is -0.940. The fourth-order valence-electron chi connectivity index (χ4n) is 2.60. The van der Waals surface area contributed by atoms with Crippen LogP contribution in [0.1, 0.15) is 46.6 Å². The van der Waals surface area contributed by atoms with Crippen LogP contribution in [-0.4, -0.2) is 10.5 Å². The summed E-state index contributed by atoms with van der Waals surface area (Å²) in [5, 5.41) is 14.5. The molecular formula is C15H23BrN2O2. The summed E-state index contributed by atoms with van der Waals surface area (Å²) < 4.78 is 0.855. The Kier molecular flexibility index (Phi) is 5.33. The summed E-state index contributed by atoms with van der Waals surface area (Å²) in [6.45, 7) is 11.3. The van der Waals surface area contributed by atoms with Crippen molar-refractivity contribution in [1.82, 2.24) is 5.32 Å². The van der Waals surface area contributed by atoms with Crippen LogP contribution in [0.2, 0.25) is 0 Å². The Morgan fingerprint density at radius 1 is 1.25 bits per heavy atom. The minimum absolute atomic E-state index is 0.0750. The first-order chi connectivity index (χ1) is 9.00. The van der Waals surface area contributed by atoms with E-state index in [4.69, 9.17) is 0 Å². The number of nitro benzene ring substituents is 1. The van der Waals surface area contributed by atoms with Crippen molar-refractivity contribution >= 4 is 21.6 Å². The first-order valence-corrected chi connectivity index (χ1v) is 7.47. The van der Waals surface area contributed by atoms with E-state index in [9.17, 15) is 10.1 Å². The quantitative estimate of drug-likeness (QED) is 0.625. The molecule has 112 valence electrons. The molecule has 0 spiro atoms. The van der Waals surface area contributed by atoms with Crippen molar-refractivity contribution in [3.8, 4) is 0 Å². The number of nitrogens with zero attached hydrogens (tertiary/aromatic N) is 1. The molecular weight excluding hydrogens is 320 g/mol. The number of rotatable bonds is 5. The molecule has 0 unspecified atom stereocenters. The maximum absolute atomic E-state index is 11.0. The van der Waals surface area contributed by atoms with E-state index < -0.39 is 0 Å². The molecule has 0 atom stereocenters. The molecule has 1 aromatic carbocycles. The number of benzene rings is 1. The van der Waals surface area contributed by atoms with E-state index in [0.717, 1.165) is 10.9 Å². The molecule has 4 nitrogen and oxygen atoms in total. The van der Waals surface area contributed by atoms with E-state index in [0.29, 0.717) is 12.1 Å². The minimum Gasteiger partial charge on any atom is -0.307 e. The largest absolute Gasteiger partial charge is 0.307 e. The summed E-state index contributed by atoms with van der Waals surface area (Å²) in [5.41, 5.74) is 0.993. The highest BCUT2D eigenvalue weighted by molar-refractivity contribution is 9.10. The smallest absolute Gasteiger partial charge is 0.273 e. The molecule has 0 aliphatic heterocycles. The van der Waals surface area contributed by atoms with Gasteiger partial charge in [-0.3, -0.25) is 10.1 Å². The lowest BCUT2D eigenvalue weighted by Crippen LogP contribution is -2.41. The molecule has 0 heterocycles. The number of halogens is 1. The zero-order valence-electron chi connectivity index (χ0n) is 12.8. The maximum Gasteiger partial charge on any atom is 0.273 e. The van der Waals surface area contributed by atoms with Gasteiger partial charge in [0.05, 0.1) is 4.92 Å². The van der Waals surface area contributed by atoms with Crippen molar-refractivity contribution in [3.63, 3.8) is 0 Å². The van der Waals surface area contributed by atoms with E-state index in [-0.39, 0.29) is 21.6 Å². The van der Waals surface area contributed by atoms with Crippen LogP contribution in [0.4, 0.5) is 5.69 Å². The van der Waals surface area contributed by atoms with Gasteiger partial charge in [0.1, 0.15) is 0 Å². The van der Waals surface area contributed by atoms with Gasteiger partial charge in [-0.25, -0.2) is 0 Å². The molecule has 20 heavy (non-hydrogen) atoms. The zero-order chi connectivity index (χ0) is 15.6. The van der Waals surface area contributed by atoms with Crippen LogP contribution in [-0.2, 0) is 6.54 Å². The van der Waals surface area contributed by atoms with Crippen LogP contribution < -0.4 is 5.32 Å². The highest BCUT2D eigenvalue weighted by Gasteiger charge is 2.25. The molecule has 0 aromatic heterocycles. The Labute approximate surface area is 129 Å². The second-order valence-electron chi connectivity index (χ2n) is 7.01. The lowest BCUT2D eigenvalue weighted by Gasteiger charge is -2.33. The lowest BCUT2D eigenvalue weighted by atomic mass is 9.81. The fraction of sp³-hybridized carbons (Fsp3) is 0.600. The Bertz CT molecular complexity index is 493. The summed E-state index contributed by atoms with van der Waals surface area (Å²) in [7, 11) is 0. The Morgan fingerprint density at radius 3 is 2.35 bits per heavy atom. The molecule has 1 aromatic rings. The molecule has 1 N–H and O–H groups in total. The fourth-order valence-corrected chi connectivity index (χ4v) is 3.01. The van der Waals surface area contributed by atoms with Gasteiger partial charge in [-0.1, -0.05) is 36.7 Å². The number of nitro groups is 1. The predicted molar refractivity (Wildman–Crippen MR) is 85.8 cm³/mol. The SMILES string of the molecule is CC(C)(C)CC(C)(C)NCc1cc(Br)ccc1[N+](=O)[O-]. The monoisotopic (exact) mass is 342 g/mol. The third kappa shape index (κ3) is 5.59. The van der Waals surface area contributed by atoms with E-state index in [1.54, 1.807) is 12.1 Å². The van der Waals surface area contributed by atoms with Crippen molar-refractivity contribution in [3.05, 3.63) is 38.3 Å². The highest BCUT2D eigenvalue weighted by Crippen LogP contribution is 2.28. The summed E-state index contributed by atoms with van der Waals surface area (Å²) in [5.74, 6) is 0. The van der Waals surface area contributed by atoms with Gasteiger partial charge in [0.25, 0.3) is 5.69 Å². The molecule has 0 aliphatic carbocycles. The summed E-state index contributed by atoms with van der Waals surface area (Å²) in [6.07, 6.45) is 0.988. The molecule has 0 bridgehead atoms. The van der Waals surface area contributed by atoms with Crippen LogP contribution in [0.3, 0.4) is 0 Å². The van der Waals surface area contributed by atoms with Gasteiger partial charge in [-0.2, -0.15) is 0 Å². The summed E-state index contributed by atoms with van der Waals surface area (Å²) >= 11 is 3.36. The van der Waals surface area contributed by atoms with Gasteiger partial charge in [0.15, 0.2) is 0 Å². The van der Waals surface area contributed by atoms with Crippen molar-refractivity contribution in [2.45, 2.75) is 53.1 Å². The summed E-state index contributed by atoms with van der Waals surface area (Å²) in [6, 6.07) is 5.04. The first kappa shape index (κ1) is 17.1. The number of hydrogen-bond acceptors (Lipinski definition) is 3. The highest BCUT2D eigenvalue weighted by atomic mass is 79.9. The van der Waals surface area contributed by atoms with E-state index in [1.165, 1.54) is 6.07 Å². The van der Waals surface area contributed by atoms with Crippen molar-refractivity contribution in [1.29, 1.82) is 0 Å². The second kappa shape index (κ2) is 6.22. The van der Waals surface area contributed by atoms with Crippen LogP contribution >= 0.6 is 15.9 Å². The Morgan fingerprint density at radius 2 is 1.85 bits per heavy atom. The molecule has 0 saturated carbocycles. The Balaban J connectivity index is 2.84. The molecule has 0 fully saturated rings. The number of hydrogen-bond donors (Lipinski definition) is 1. The third-order valence-electron chi connectivity index (χ3n) is 2.97. The van der Waals surface area contributed by atoms with Gasteiger partial charge >= 0.3 is 0 Å². The van der Waals surface area contributed by atoms with Crippen molar-refractivity contribution in [2.24, 2.45) is 5.41 Å². The normalized spacial score (nSPS) is 12.5. The molecule has 5 heteroatoms. The molecule has 0 radical (unpaired) electrons. The van der Waals surface area contributed by atoms with Crippen molar-refractivity contribution < 1.29 is 4.92 Å². The van der Waals surface area contributed by atoms with E-state index in [2.05, 4.69) is 55.9 Å². The molecule has 0 aliphatic rings. The van der Waals surface area contributed by atoms with Gasteiger partial charge in [-0.15, -0.1) is 0 Å². The second-order valence-corrected chi connectivity index (χ2v) is 7.92. The zero-order valence-corrected chi connectivity index (χ0v) is 14.4. The van der Waals surface area contributed by atoms with Gasteiger partial charge in [-0.05, 0) is 37.8 Å². The number of nitrogens with one attached hydrogen (secondary N) is 1. The molecule has 1 rings (SSSR count).